The molecule has 4 nitrogen and oxygen atoms in total. The summed E-state index contributed by atoms with van der Waals surface area (Å²) in [7, 11) is 3.56. The molecule has 1 aromatic rings. The predicted octanol–water partition coefficient (Wildman–Crippen LogP) is 1.58. The molecule has 5 heteroatoms. The van der Waals surface area contributed by atoms with Crippen LogP contribution in [-0.2, 0) is 11.2 Å². The van der Waals surface area contributed by atoms with Crippen molar-refractivity contribution in [3.8, 4) is 5.75 Å². The highest BCUT2D eigenvalue weighted by Gasteiger charge is 2.24. The molecule has 19 heavy (non-hydrogen) atoms. The number of hydrogen-bond acceptors (Lipinski definition) is 4. The maximum Gasteiger partial charge on any atom is 0.123 e. The molecule has 1 aromatic carbocycles. The molecule has 0 amide bonds. The Hall–Kier alpha value is -0.810. The summed E-state index contributed by atoms with van der Waals surface area (Å²) >= 11 is 5.97. The van der Waals surface area contributed by atoms with Gasteiger partial charge in [0.1, 0.15) is 11.9 Å². The Balaban J connectivity index is 1.83. The second-order valence-corrected chi connectivity index (χ2v) is 5.46. The standard InChI is InChI=1S/C14H20ClNO3/c1-16(7-12(17)9-18-2)8-13-6-10-5-11(15)3-4-14(10)19-13/h3-5,12-13,17H,6-9H2,1-2H3. The fourth-order valence-corrected chi connectivity index (χ4v) is 2.61. The largest absolute Gasteiger partial charge is 0.488 e. The van der Waals surface area contributed by atoms with Gasteiger partial charge in [-0.05, 0) is 30.8 Å². The van der Waals surface area contributed by atoms with E-state index in [4.69, 9.17) is 21.1 Å². The van der Waals surface area contributed by atoms with E-state index in [1.807, 2.05) is 25.2 Å². The lowest BCUT2D eigenvalue weighted by Crippen LogP contribution is -2.38. The maximum absolute atomic E-state index is 9.68. The summed E-state index contributed by atoms with van der Waals surface area (Å²) in [6.45, 7) is 1.70. The lowest BCUT2D eigenvalue weighted by atomic mass is 10.1. The van der Waals surface area contributed by atoms with Crippen LogP contribution in [0.2, 0.25) is 5.02 Å². The van der Waals surface area contributed by atoms with Crippen molar-refractivity contribution in [3.05, 3.63) is 28.8 Å². The summed E-state index contributed by atoms with van der Waals surface area (Å²) in [5.41, 5.74) is 1.16. The number of halogens is 1. The fraction of sp³-hybridized carbons (Fsp3) is 0.571. The number of methoxy groups -OCH3 is 1. The van der Waals surface area contributed by atoms with E-state index >= 15 is 0 Å². The van der Waals surface area contributed by atoms with Gasteiger partial charge in [0, 0.05) is 31.6 Å². The number of rotatable bonds is 6. The zero-order chi connectivity index (χ0) is 13.8. The van der Waals surface area contributed by atoms with Crippen LogP contribution in [0.1, 0.15) is 5.56 Å². The number of hydrogen-bond donors (Lipinski definition) is 1. The summed E-state index contributed by atoms with van der Waals surface area (Å²) in [5, 5.41) is 10.4. The van der Waals surface area contributed by atoms with Crippen molar-refractivity contribution >= 4 is 11.6 Å². The van der Waals surface area contributed by atoms with Crippen molar-refractivity contribution in [2.75, 3.05) is 33.9 Å². The number of aliphatic hydroxyl groups is 1. The Kier molecular flexibility index (Phi) is 5.05. The Bertz CT molecular complexity index is 427. The summed E-state index contributed by atoms with van der Waals surface area (Å²) in [6.07, 6.45) is 0.516. The predicted molar refractivity (Wildman–Crippen MR) is 75.0 cm³/mol. The van der Waals surface area contributed by atoms with Gasteiger partial charge in [-0.25, -0.2) is 0 Å². The van der Waals surface area contributed by atoms with Crippen molar-refractivity contribution in [1.29, 1.82) is 0 Å². The molecule has 0 bridgehead atoms. The van der Waals surface area contributed by atoms with Crippen molar-refractivity contribution in [1.82, 2.24) is 4.90 Å². The molecule has 0 saturated heterocycles. The van der Waals surface area contributed by atoms with E-state index < -0.39 is 6.10 Å². The molecular formula is C14H20ClNO3. The van der Waals surface area contributed by atoms with E-state index in [1.54, 1.807) is 7.11 Å². The third kappa shape index (κ3) is 4.08. The van der Waals surface area contributed by atoms with Gasteiger partial charge in [-0.1, -0.05) is 11.6 Å². The molecule has 0 spiro atoms. The zero-order valence-electron chi connectivity index (χ0n) is 11.3. The summed E-state index contributed by atoms with van der Waals surface area (Å²) in [4.78, 5) is 2.06. The molecule has 2 unspecified atom stereocenters. The highest BCUT2D eigenvalue weighted by atomic mass is 35.5. The van der Waals surface area contributed by atoms with Gasteiger partial charge >= 0.3 is 0 Å². The topological polar surface area (TPSA) is 41.9 Å². The van der Waals surface area contributed by atoms with Crippen LogP contribution >= 0.6 is 11.6 Å². The van der Waals surface area contributed by atoms with E-state index in [-0.39, 0.29) is 6.10 Å². The van der Waals surface area contributed by atoms with E-state index in [0.717, 1.165) is 29.3 Å². The molecule has 2 atom stereocenters. The van der Waals surface area contributed by atoms with Gasteiger partial charge in [-0.3, -0.25) is 0 Å². The average molecular weight is 286 g/mol. The molecule has 1 heterocycles. The molecule has 0 aliphatic carbocycles. The molecule has 1 aliphatic rings. The number of aliphatic hydroxyl groups excluding tert-OH is 1. The van der Waals surface area contributed by atoms with Crippen molar-refractivity contribution in [3.63, 3.8) is 0 Å². The molecule has 0 fully saturated rings. The molecule has 2 rings (SSSR count). The first-order valence-corrected chi connectivity index (χ1v) is 6.77. The van der Waals surface area contributed by atoms with Crippen LogP contribution < -0.4 is 4.74 Å². The first kappa shape index (κ1) is 14.6. The lowest BCUT2D eigenvalue weighted by Gasteiger charge is -2.23. The van der Waals surface area contributed by atoms with Crippen LogP contribution in [0.15, 0.2) is 18.2 Å². The molecule has 1 N–H and O–H groups in total. The third-order valence-electron chi connectivity index (χ3n) is 3.16. The second kappa shape index (κ2) is 6.57. The van der Waals surface area contributed by atoms with E-state index in [9.17, 15) is 5.11 Å². The minimum absolute atomic E-state index is 0.119. The SMILES string of the molecule is COCC(O)CN(C)CC1Cc2cc(Cl)ccc2O1. The summed E-state index contributed by atoms with van der Waals surface area (Å²) in [6, 6.07) is 5.71. The number of nitrogens with zero attached hydrogens (tertiary/aromatic N) is 1. The van der Waals surface area contributed by atoms with Crippen LogP contribution in [-0.4, -0.2) is 56.1 Å². The van der Waals surface area contributed by atoms with Crippen molar-refractivity contribution < 1.29 is 14.6 Å². The van der Waals surface area contributed by atoms with Crippen molar-refractivity contribution in [2.24, 2.45) is 0 Å². The number of likely N-dealkylation sites (N-methyl/N-ethyl adjacent to an activating group) is 1. The molecular weight excluding hydrogens is 266 g/mol. The monoisotopic (exact) mass is 285 g/mol. The summed E-state index contributed by atoms with van der Waals surface area (Å²) in [5.74, 6) is 0.917. The highest BCUT2D eigenvalue weighted by Crippen LogP contribution is 2.31. The number of benzene rings is 1. The zero-order valence-corrected chi connectivity index (χ0v) is 12.1. The molecule has 0 aromatic heterocycles. The summed E-state index contributed by atoms with van der Waals surface area (Å²) < 4.78 is 10.8. The Morgan fingerprint density at radius 1 is 1.58 bits per heavy atom. The minimum atomic E-state index is -0.465. The van der Waals surface area contributed by atoms with Gasteiger partial charge < -0.3 is 19.5 Å². The number of ether oxygens (including phenoxy) is 2. The van der Waals surface area contributed by atoms with E-state index in [1.165, 1.54) is 0 Å². The van der Waals surface area contributed by atoms with Gasteiger partial charge in [0.2, 0.25) is 0 Å². The fourth-order valence-electron chi connectivity index (χ4n) is 2.42. The minimum Gasteiger partial charge on any atom is -0.488 e. The van der Waals surface area contributed by atoms with Crippen LogP contribution in [0.25, 0.3) is 0 Å². The smallest absolute Gasteiger partial charge is 0.123 e. The first-order valence-electron chi connectivity index (χ1n) is 6.39. The molecule has 0 saturated carbocycles. The second-order valence-electron chi connectivity index (χ2n) is 5.03. The van der Waals surface area contributed by atoms with Gasteiger partial charge in [0.15, 0.2) is 0 Å². The third-order valence-corrected chi connectivity index (χ3v) is 3.40. The van der Waals surface area contributed by atoms with Crippen LogP contribution in [0.4, 0.5) is 0 Å². The van der Waals surface area contributed by atoms with Gasteiger partial charge in [0.25, 0.3) is 0 Å². The maximum atomic E-state index is 9.68. The Morgan fingerprint density at radius 2 is 2.37 bits per heavy atom. The van der Waals surface area contributed by atoms with Gasteiger partial charge in [0.05, 0.1) is 12.7 Å². The van der Waals surface area contributed by atoms with E-state index in [0.29, 0.717) is 13.2 Å². The quantitative estimate of drug-likeness (QED) is 0.862. The van der Waals surface area contributed by atoms with Crippen molar-refractivity contribution in [2.45, 2.75) is 18.6 Å². The van der Waals surface area contributed by atoms with Crippen LogP contribution in [0.5, 0.6) is 5.75 Å². The van der Waals surface area contributed by atoms with Crippen LogP contribution in [0, 0.1) is 0 Å². The molecule has 0 radical (unpaired) electrons. The Labute approximate surface area is 118 Å². The highest BCUT2D eigenvalue weighted by molar-refractivity contribution is 6.30. The lowest BCUT2D eigenvalue weighted by molar-refractivity contribution is 0.0363. The van der Waals surface area contributed by atoms with Gasteiger partial charge in [-0.15, -0.1) is 0 Å². The Morgan fingerprint density at radius 3 is 3.11 bits per heavy atom. The number of fused-ring (bicyclic) bond motifs is 1. The van der Waals surface area contributed by atoms with Crippen LogP contribution in [0.3, 0.4) is 0 Å². The molecule has 106 valence electrons. The normalized spacial score (nSPS) is 19.3. The van der Waals surface area contributed by atoms with E-state index in [2.05, 4.69) is 4.90 Å². The average Bonchev–Trinajstić information content (AvgIpc) is 2.70. The first-order chi connectivity index (χ1) is 9.08. The van der Waals surface area contributed by atoms with Gasteiger partial charge in [-0.2, -0.15) is 0 Å². The molecule has 1 aliphatic heterocycles.